The standard InChI is InChI=1S/C17H22FN3O/c1-17(2,3)16(22)21-8-6-20(7-9-21)12-14-5-4-13(11-19)10-15(14)18/h4-5,10H,6-9,12H2,1-3H3. The minimum absolute atomic E-state index is 0.164. The second kappa shape index (κ2) is 6.45. The summed E-state index contributed by atoms with van der Waals surface area (Å²) in [5.74, 6) is -0.177. The lowest BCUT2D eigenvalue weighted by Crippen LogP contribution is -2.51. The number of benzene rings is 1. The highest BCUT2D eigenvalue weighted by atomic mass is 19.1. The molecule has 4 nitrogen and oxygen atoms in total. The summed E-state index contributed by atoms with van der Waals surface area (Å²) >= 11 is 0. The van der Waals surface area contributed by atoms with Crippen LogP contribution < -0.4 is 0 Å². The van der Waals surface area contributed by atoms with Gasteiger partial charge in [-0.15, -0.1) is 0 Å². The molecule has 1 fully saturated rings. The minimum atomic E-state index is -0.360. The maximum atomic E-state index is 13.9. The molecule has 22 heavy (non-hydrogen) atoms. The molecule has 0 bridgehead atoms. The van der Waals surface area contributed by atoms with Crippen LogP contribution in [0.15, 0.2) is 18.2 Å². The highest BCUT2D eigenvalue weighted by molar-refractivity contribution is 5.81. The van der Waals surface area contributed by atoms with E-state index in [0.717, 1.165) is 13.1 Å². The third kappa shape index (κ3) is 3.83. The number of nitriles is 1. The molecule has 0 atom stereocenters. The molecule has 1 heterocycles. The van der Waals surface area contributed by atoms with Gasteiger partial charge in [0.1, 0.15) is 5.82 Å². The van der Waals surface area contributed by atoms with Crippen LogP contribution in [0, 0.1) is 22.6 Å². The summed E-state index contributed by atoms with van der Waals surface area (Å²) in [6.07, 6.45) is 0. The van der Waals surface area contributed by atoms with Crippen LogP contribution in [-0.4, -0.2) is 41.9 Å². The average molecular weight is 303 g/mol. The lowest BCUT2D eigenvalue weighted by Gasteiger charge is -2.37. The van der Waals surface area contributed by atoms with Crippen molar-refractivity contribution in [2.45, 2.75) is 27.3 Å². The number of carbonyl (C=O) groups is 1. The molecular weight excluding hydrogens is 281 g/mol. The summed E-state index contributed by atoms with van der Waals surface area (Å²) in [7, 11) is 0. The number of piperazine rings is 1. The number of rotatable bonds is 2. The number of nitrogens with zero attached hydrogens (tertiary/aromatic N) is 3. The van der Waals surface area contributed by atoms with Gasteiger partial charge < -0.3 is 4.90 Å². The lowest BCUT2D eigenvalue weighted by atomic mass is 9.94. The molecule has 0 saturated carbocycles. The monoisotopic (exact) mass is 303 g/mol. The van der Waals surface area contributed by atoms with E-state index in [-0.39, 0.29) is 17.1 Å². The van der Waals surface area contributed by atoms with E-state index in [1.165, 1.54) is 6.07 Å². The lowest BCUT2D eigenvalue weighted by molar-refractivity contribution is -0.141. The Morgan fingerprint density at radius 3 is 2.41 bits per heavy atom. The molecule has 0 radical (unpaired) electrons. The van der Waals surface area contributed by atoms with Crippen LogP contribution in [-0.2, 0) is 11.3 Å². The number of halogens is 1. The molecule has 1 saturated heterocycles. The largest absolute Gasteiger partial charge is 0.340 e. The highest BCUT2D eigenvalue weighted by Gasteiger charge is 2.29. The number of hydrogen-bond acceptors (Lipinski definition) is 3. The van der Waals surface area contributed by atoms with E-state index in [1.807, 2.05) is 31.7 Å². The third-order valence-electron chi connectivity index (χ3n) is 3.88. The smallest absolute Gasteiger partial charge is 0.228 e. The first kappa shape index (κ1) is 16.4. The zero-order chi connectivity index (χ0) is 16.3. The molecule has 0 spiro atoms. The second-order valence-corrected chi connectivity index (χ2v) is 6.74. The molecule has 118 valence electrons. The van der Waals surface area contributed by atoms with E-state index >= 15 is 0 Å². The predicted molar refractivity (Wildman–Crippen MR) is 82.4 cm³/mol. The molecule has 1 aromatic carbocycles. The van der Waals surface area contributed by atoms with Gasteiger partial charge in [0.2, 0.25) is 5.91 Å². The second-order valence-electron chi connectivity index (χ2n) is 6.74. The highest BCUT2D eigenvalue weighted by Crippen LogP contribution is 2.19. The van der Waals surface area contributed by atoms with Crippen LogP contribution in [0.3, 0.4) is 0 Å². The van der Waals surface area contributed by atoms with Gasteiger partial charge in [-0.3, -0.25) is 9.69 Å². The minimum Gasteiger partial charge on any atom is -0.340 e. The molecule has 0 unspecified atom stereocenters. The zero-order valence-electron chi connectivity index (χ0n) is 13.4. The Labute approximate surface area is 131 Å². The molecule has 0 N–H and O–H groups in total. The van der Waals surface area contributed by atoms with E-state index in [1.54, 1.807) is 12.1 Å². The molecule has 1 aliphatic heterocycles. The molecule has 1 aliphatic rings. The average Bonchev–Trinajstić information content (AvgIpc) is 2.48. The number of hydrogen-bond donors (Lipinski definition) is 0. The van der Waals surface area contributed by atoms with Crippen molar-refractivity contribution < 1.29 is 9.18 Å². The van der Waals surface area contributed by atoms with Crippen molar-refractivity contribution in [1.29, 1.82) is 5.26 Å². The van der Waals surface area contributed by atoms with Crippen LogP contribution in [0.1, 0.15) is 31.9 Å². The van der Waals surface area contributed by atoms with Gasteiger partial charge in [0.05, 0.1) is 11.6 Å². The van der Waals surface area contributed by atoms with E-state index in [4.69, 9.17) is 5.26 Å². The van der Waals surface area contributed by atoms with Crippen molar-refractivity contribution in [2.75, 3.05) is 26.2 Å². The number of carbonyl (C=O) groups excluding carboxylic acids is 1. The molecule has 0 aromatic heterocycles. The summed E-state index contributed by atoms with van der Waals surface area (Å²) in [4.78, 5) is 16.2. The van der Waals surface area contributed by atoms with Gasteiger partial charge in [0.25, 0.3) is 0 Å². The van der Waals surface area contributed by atoms with Crippen LogP contribution >= 0.6 is 0 Å². The fraction of sp³-hybridized carbons (Fsp3) is 0.529. The van der Waals surface area contributed by atoms with E-state index < -0.39 is 0 Å². The summed E-state index contributed by atoms with van der Waals surface area (Å²) < 4.78 is 13.9. The molecule has 0 aliphatic carbocycles. The summed E-state index contributed by atoms with van der Waals surface area (Å²) in [5, 5.41) is 8.76. The Balaban J connectivity index is 1.93. The van der Waals surface area contributed by atoms with Gasteiger partial charge >= 0.3 is 0 Å². The first-order chi connectivity index (χ1) is 10.3. The fourth-order valence-corrected chi connectivity index (χ4v) is 2.57. The van der Waals surface area contributed by atoms with Crippen molar-refractivity contribution in [1.82, 2.24) is 9.80 Å². The van der Waals surface area contributed by atoms with Gasteiger partial charge in [-0.1, -0.05) is 26.8 Å². The van der Waals surface area contributed by atoms with Crippen molar-refractivity contribution in [3.8, 4) is 6.07 Å². The summed E-state index contributed by atoms with van der Waals surface area (Å²) in [5.41, 5.74) is 0.568. The zero-order valence-corrected chi connectivity index (χ0v) is 13.4. The van der Waals surface area contributed by atoms with E-state index in [9.17, 15) is 9.18 Å². The summed E-state index contributed by atoms with van der Waals surface area (Å²) in [6, 6.07) is 6.51. The van der Waals surface area contributed by atoms with Gasteiger partial charge in [0, 0.05) is 43.7 Å². The molecule has 2 rings (SSSR count). The van der Waals surface area contributed by atoms with Crippen LogP contribution in [0.4, 0.5) is 4.39 Å². The summed E-state index contributed by atoms with van der Waals surface area (Å²) in [6.45, 7) is 9.11. The van der Waals surface area contributed by atoms with Crippen LogP contribution in [0.25, 0.3) is 0 Å². The topological polar surface area (TPSA) is 47.3 Å². The normalized spacial score (nSPS) is 16.4. The molecule has 1 aromatic rings. The van der Waals surface area contributed by atoms with Gasteiger partial charge in [-0.05, 0) is 12.1 Å². The Bertz CT molecular complexity index is 593. The maximum absolute atomic E-state index is 13.9. The molecular formula is C17H22FN3O. The van der Waals surface area contributed by atoms with Gasteiger partial charge in [-0.25, -0.2) is 4.39 Å². The fourth-order valence-electron chi connectivity index (χ4n) is 2.57. The van der Waals surface area contributed by atoms with Crippen molar-refractivity contribution in [2.24, 2.45) is 5.41 Å². The molecule has 1 amide bonds. The van der Waals surface area contributed by atoms with E-state index in [0.29, 0.717) is 30.8 Å². The van der Waals surface area contributed by atoms with Gasteiger partial charge in [0.15, 0.2) is 0 Å². The van der Waals surface area contributed by atoms with E-state index in [2.05, 4.69) is 4.90 Å². The Hall–Kier alpha value is -1.93. The first-order valence-electron chi connectivity index (χ1n) is 7.51. The number of amides is 1. The Kier molecular flexibility index (Phi) is 4.82. The predicted octanol–water partition coefficient (Wildman–Crippen LogP) is 2.39. The van der Waals surface area contributed by atoms with Gasteiger partial charge in [-0.2, -0.15) is 5.26 Å². The molecule has 5 heteroatoms. The Morgan fingerprint density at radius 1 is 1.27 bits per heavy atom. The van der Waals surface area contributed by atoms with Crippen molar-refractivity contribution in [3.05, 3.63) is 35.1 Å². The third-order valence-corrected chi connectivity index (χ3v) is 3.88. The quantitative estimate of drug-likeness (QED) is 0.843. The van der Waals surface area contributed by atoms with Crippen molar-refractivity contribution in [3.63, 3.8) is 0 Å². The van der Waals surface area contributed by atoms with Crippen LogP contribution in [0.2, 0.25) is 0 Å². The first-order valence-corrected chi connectivity index (χ1v) is 7.51. The SMILES string of the molecule is CC(C)(C)C(=O)N1CCN(Cc2ccc(C#N)cc2F)CC1. The van der Waals surface area contributed by atoms with Crippen molar-refractivity contribution >= 4 is 5.91 Å². The maximum Gasteiger partial charge on any atom is 0.228 e. The van der Waals surface area contributed by atoms with Crippen LogP contribution in [0.5, 0.6) is 0 Å². The Morgan fingerprint density at radius 2 is 1.91 bits per heavy atom.